The third-order valence-corrected chi connectivity index (χ3v) is 4.87. The zero-order valence-electron chi connectivity index (χ0n) is 13.5. The lowest BCUT2D eigenvalue weighted by Gasteiger charge is -2.38. The van der Waals surface area contributed by atoms with E-state index in [0.29, 0.717) is 13.1 Å². The summed E-state index contributed by atoms with van der Waals surface area (Å²) in [4.78, 5) is 16.8. The molecule has 7 heteroatoms. The summed E-state index contributed by atoms with van der Waals surface area (Å²) in [5.41, 5.74) is 6.15. The van der Waals surface area contributed by atoms with Gasteiger partial charge in [0, 0.05) is 36.8 Å². The van der Waals surface area contributed by atoms with Crippen molar-refractivity contribution in [3.05, 3.63) is 52.6 Å². The molecule has 0 radical (unpaired) electrons. The highest BCUT2D eigenvalue weighted by Crippen LogP contribution is 2.24. The number of hydrogen-bond donors (Lipinski definition) is 1. The molecule has 1 aliphatic rings. The van der Waals surface area contributed by atoms with Crippen LogP contribution in [0, 0.1) is 0 Å². The highest BCUT2D eigenvalue weighted by molar-refractivity contribution is 9.10. The number of amides is 1. The normalized spacial score (nSPS) is 17.5. The van der Waals surface area contributed by atoms with Gasteiger partial charge in [-0.05, 0) is 36.8 Å². The SMILES string of the molecule is CC(N)(C(=O)N1CCN(c2cccnn2)CC1)c1ccc(Br)cc1. The lowest BCUT2D eigenvalue weighted by Crippen LogP contribution is -2.57. The van der Waals surface area contributed by atoms with E-state index in [4.69, 9.17) is 5.73 Å². The Morgan fingerprint density at radius 1 is 1.17 bits per heavy atom. The van der Waals surface area contributed by atoms with Crippen molar-refractivity contribution in [1.29, 1.82) is 0 Å². The van der Waals surface area contributed by atoms with E-state index in [1.54, 1.807) is 13.1 Å². The van der Waals surface area contributed by atoms with Crippen LogP contribution in [0.3, 0.4) is 0 Å². The first-order valence-corrected chi connectivity index (χ1v) is 8.65. The van der Waals surface area contributed by atoms with Crippen molar-refractivity contribution in [2.45, 2.75) is 12.5 Å². The average Bonchev–Trinajstić information content (AvgIpc) is 2.62. The van der Waals surface area contributed by atoms with Gasteiger partial charge in [-0.25, -0.2) is 0 Å². The Balaban J connectivity index is 1.67. The largest absolute Gasteiger partial charge is 0.352 e. The van der Waals surface area contributed by atoms with E-state index in [9.17, 15) is 4.79 Å². The summed E-state index contributed by atoms with van der Waals surface area (Å²) < 4.78 is 0.965. The van der Waals surface area contributed by atoms with Crippen LogP contribution in [-0.2, 0) is 10.3 Å². The van der Waals surface area contributed by atoms with Gasteiger partial charge < -0.3 is 15.5 Å². The molecule has 1 unspecified atom stereocenters. The number of nitrogens with two attached hydrogens (primary N) is 1. The molecule has 0 saturated carbocycles. The molecule has 126 valence electrons. The monoisotopic (exact) mass is 389 g/mol. The Hall–Kier alpha value is -1.99. The fourth-order valence-corrected chi connectivity index (χ4v) is 3.11. The lowest BCUT2D eigenvalue weighted by atomic mass is 9.91. The summed E-state index contributed by atoms with van der Waals surface area (Å²) in [6, 6.07) is 11.4. The Morgan fingerprint density at radius 2 is 1.83 bits per heavy atom. The molecule has 24 heavy (non-hydrogen) atoms. The number of carbonyl (C=O) groups is 1. The van der Waals surface area contributed by atoms with Gasteiger partial charge in [-0.3, -0.25) is 4.79 Å². The number of nitrogens with zero attached hydrogens (tertiary/aromatic N) is 4. The summed E-state index contributed by atoms with van der Waals surface area (Å²) in [6.45, 7) is 4.47. The van der Waals surface area contributed by atoms with Gasteiger partial charge in [-0.2, -0.15) is 5.10 Å². The quantitative estimate of drug-likeness (QED) is 0.865. The van der Waals surface area contributed by atoms with Gasteiger partial charge in [0.1, 0.15) is 5.54 Å². The van der Waals surface area contributed by atoms with Crippen LogP contribution >= 0.6 is 15.9 Å². The number of hydrogen-bond acceptors (Lipinski definition) is 5. The van der Waals surface area contributed by atoms with Gasteiger partial charge in [0.05, 0.1) is 0 Å². The maximum Gasteiger partial charge on any atom is 0.247 e. The van der Waals surface area contributed by atoms with Crippen LogP contribution in [0.5, 0.6) is 0 Å². The van der Waals surface area contributed by atoms with Crippen LogP contribution in [0.4, 0.5) is 5.82 Å². The number of anilines is 1. The predicted molar refractivity (Wildman–Crippen MR) is 96.5 cm³/mol. The van der Waals surface area contributed by atoms with Gasteiger partial charge in [-0.1, -0.05) is 28.1 Å². The number of aromatic nitrogens is 2. The summed E-state index contributed by atoms with van der Waals surface area (Å²) in [5.74, 6) is 0.789. The van der Waals surface area contributed by atoms with Crippen LogP contribution in [-0.4, -0.2) is 47.2 Å². The van der Waals surface area contributed by atoms with E-state index in [1.165, 1.54) is 0 Å². The molecule has 2 N–H and O–H groups in total. The van der Waals surface area contributed by atoms with Crippen molar-refractivity contribution < 1.29 is 4.79 Å². The van der Waals surface area contributed by atoms with Crippen molar-refractivity contribution in [1.82, 2.24) is 15.1 Å². The topological polar surface area (TPSA) is 75.4 Å². The first kappa shape index (κ1) is 16.9. The highest BCUT2D eigenvalue weighted by atomic mass is 79.9. The molecule has 1 aliphatic heterocycles. The van der Waals surface area contributed by atoms with Crippen molar-refractivity contribution in [2.75, 3.05) is 31.1 Å². The number of piperazine rings is 1. The van der Waals surface area contributed by atoms with E-state index < -0.39 is 5.54 Å². The van der Waals surface area contributed by atoms with Crippen molar-refractivity contribution in [3.8, 4) is 0 Å². The van der Waals surface area contributed by atoms with Crippen LogP contribution in [0.1, 0.15) is 12.5 Å². The van der Waals surface area contributed by atoms with Crippen molar-refractivity contribution in [3.63, 3.8) is 0 Å². The second-order valence-corrected chi connectivity index (χ2v) is 6.99. The molecule has 2 heterocycles. The molecule has 1 saturated heterocycles. The minimum Gasteiger partial charge on any atom is -0.352 e. The molecule has 1 atom stereocenters. The van der Waals surface area contributed by atoms with Gasteiger partial charge in [0.15, 0.2) is 5.82 Å². The van der Waals surface area contributed by atoms with E-state index in [1.807, 2.05) is 41.3 Å². The highest BCUT2D eigenvalue weighted by Gasteiger charge is 2.35. The first-order chi connectivity index (χ1) is 11.5. The lowest BCUT2D eigenvalue weighted by molar-refractivity contribution is -0.137. The summed E-state index contributed by atoms with van der Waals surface area (Å²) in [6.07, 6.45) is 1.65. The Morgan fingerprint density at radius 3 is 2.42 bits per heavy atom. The van der Waals surface area contributed by atoms with E-state index in [-0.39, 0.29) is 5.91 Å². The van der Waals surface area contributed by atoms with Crippen molar-refractivity contribution >= 4 is 27.7 Å². The minimum atomic E-state index is -1.03. The number of benzene rings is 1. The molecular formula is C17H20BrN5O. The van der Waals surface area contributed by atoms with Gasteiger partial charge >= 0.3 is 0 Å². The zero-order valence-corrected chi connectivity index (χ0v) is 15.1. The fourth-order valence-electron chi connectivity index (χ4n) is 2.85. The number of carbonyl (C=O) groups excluding carboxylic acids is 1. The molecule has 1 aromatic carbocycles. The molecule has 3 rings (SSSR count). The molecule has 2 aromatic rings. The van der Waals surface area contributed by atoms with E-state index >= 15 is 0 Å². The molecule has 1 amide bonds. The maximum absolute atomic E-state index is 12.9. The summed E-state index contributed by atoms with van der Waals surface area (Å²) in [7, 11) is 0. The average molecular weight is 390 g/mol. The Kier molecular flexibility index (Phi) is 4.82. The smallest absolute Gasteiger partial charge is 0.247 e. The molecule has 0 bridgehead atoms. The van der Waals surface area contributed by atoms with Gasteiger partial charge in [0.25, 0.3) is 0 Å². The molecule has 1 aromatic heterocycles. The third-order valence-electron chi connectivity index (χ3n) is 4.34. The van der Waals surface area contributed by atoms with Gasteiger partial charge in [0.2, 0.25) is 5.91 Å². The maximum atomic E-state index is 12.9. The standard InChI is InChI=1S/C17H20BrN5O/c1-17(19,13-4-6-14(18)7-5-13)16(24)23-11-9-22(10-12-23)15-3-2-8-20-21-15/h2-8H,9-12,19H2,1H3. The Labute approximate surface area is 149 Å². The summed E-state index contributed by atoms with van der Waals surface area (Å²) in [5, 5.41) is 8.02. The Bertz CT molecular complexity index is 697. The molecule has 0 aliphatic carbocycles. The molecule has 1 fully saturated rings. The van der Waals surface area contributed by atoms with Crippen LogP contribution in [0.2, 0.25) is 0 Å². The van der Waals surface area contributed by atoms with Crippen LogP contribution in [0.15, 0.2) is 47.1 Å². The fraction of sp³-hybridized carbons (Fsp3) is 0.353. The number of rotatable bonds is 3. The zero-order chi connectivity index (χ0) is 17.2. The second-order valence-electron chi connectivity index (χ2n) is 6.07. The second kappa shape index (κ2) is 6.86. The van der Waals surface area contributed by atoms with Crippen LogP contribution in [0.25, 0.3) is 0 Å². The first-order valence-electron chi connectivity index (χ1n) is 7.85. The minimum absolute atomic E-state index is 0.0522. The summed E-state index contributed by atoms with van der Waals surface area (Å²) >= 11 is 3.40. The predicted octanol–water partition coefficient (Wildman–Crippen LogP) is 1.76. The van der Waals surface area contributed by atoms with E-state index in [0.717, 1.165) is 28.9 Å². The van der Waals surface area contributed by atoms with Crippen LogP contribution < -0.4 is 10.6 Å². The number of halogens is 1. The third kappa shape index (κ3) is 3.42. The molecule has 6 nitrogen and oxygen atoms in total. The molecular weight excluding hydrogens is 370 g/mol. The van der Waals surface area contributed by atoms with Crippen molar-refractivity contribution in [2.24, 2.45) is 5.73 Å². The van der Waals surface area contributed by atoms with E-state index in [2.05, 4.69) is 31.0 Å². The molecule has 0 spiro atoms. The van der Waals surface area contributed by atoms with Gasteiger partial charge in [-0.15, -0.1) is 5.10 Å².